The van der Waals surface area contributed by atoms with Gasteiger partial charge in [0.15, 0.2) is 0 Å². The summed E-state index contributed by atoms with van der Waals surface area (Å²) >= 11 is 0. The Bertz CT molecular complexity index is 431. The molecule has 1 heterocycles. The van der Waals surface area contributed by atoms with Crippen LogP contribution in [0.2, 0.25) is 0 Å². The Morgan fingerprint density at radius 2 is 2.05 bits per heavy atom. The van der Waals surface area contributed by atoms with Gasteiger partial charge in [-0.3, -0.25) is 9.59 Å². The van der Waals surface area contributed by atoms with Crippen molar-refractivity contribution in [2.75, 3.05) is 6.61 Å². The molecule has 0 aromatic rings. The molecule has 3 fully saturated rings. The smallest absolute Gasteiger partial charge is 0.312 e. The van der Waals surface area contributed by atoms with Gasteiger partial charge in [-0.25, -0.2) is 0 Å². The van der Waals surface area contributed by atoms with Crippen molar-refractivity contribution < 1.29 is 19.1 Å². The zero-order valence-electron chi connectivity index (χ0n) is 13.2. The number of esters is 2. The Kier molecular flexibility index (Phi) is 3.98. The molecule has 3 aliphatic rings. The second-order valence-corrected chi connectivity index (χ2v) is 7.27. The number of carbonyl (C=O) groups excluding carboxylic acids is 2. The van der Waals surface area contributed by atoms with Gasteiger partial charge in [0.25, 0.3) is 0 Å². The summed E-state index contributed by atoms with van der Waals surface area (Å²) in [5.41, 5.74) is 0. The van der Waals surface area contributed by atoms with Gasteiger partial charge in [-0.2, -0.15) is 0 Å². The van der Waals surface area contributed by atoms with Gasteiger partial charge in [0.1, 0.15) is 6.10 Å². The number of hydrogen-bond donors (Lipinski definition) is 0. The molecule has 4 nitrogen and oxygen atoms in total. The third-order valence-corrected chi connectivity index (χ3v) is 6.28. The summed E-state index contributed by atoms with van der Waals surface area (Å²) in [5, 5.41) is 0. The standard InChI is InChI=1S/C17H26O4/c1-9-10(2)14-7-12(9)8-15(14)16(21-11(3)18)13-5-4-6-20-17(13)19/h9-10,12-16H,4-8H2,1-3H3. The Labute approximate surface area is 126 Å². The first-order valence-corrected chi connectivity index (χ1v) is 8.33. The molecule has 0 aromatic carbocycles. The van der Waals surface area contributed by atoms with Crippen molar-refractivity contribution in [3.05, 3.63) is 0 Å². The predicted molar refractivity (Wildman–Crippen MR) is 77.3 cm³/mol. The number of cyclic esters (lactones) is 1. The van der Waals surface area contributed by atoms with Crippen LogP contribution in [0.15, 0.2) is 0 Å². The molecule has 7 unspecified atom stereocenters. The monoisotopic (exact) mass is 294 g/mol. The molecule has 0 amide bonds. The lowest BCUT2D eigenvalue weighted by atomic mass is 9.70. The van der Waals surface area contributed by atoms with Crippen molar-refractivity contribution in [2.24, 2.45) is 35.5 Å². The molecule has 7 atom stereocenters. The van der Waals surface area contributed by atoms with Gasteiger partial charge in [-0.05, 0) is 49.4 Å². The van der Waals surface area contributed by atoms with Gasteiger partial charge >= 0.3 is 11.9 Å². The molecule has 1 saturated heterocycles. The van der Waals surface area contributed by atoms with Gasteiger partial charge in [0.2, 0.25) is 0 Å². The fourth-order valence-electron chi connectivity index (χ4n) is 5.03. The lowest BCUT2D eigenvalue weighted by Crippen LogP contribution is -2.44. The number of ether oxygens (including phenoxy) is 2. The van der Waals surface area contributed by atoms with Crippen LogP contribution in [0.1, 0.15) is 46.5 Å². The highest BCUT2D eigenvalue weighted by Gasteiger charge is 2.54. The maximum Gasteiger partial charge on any atom is 0.312 e. The van der Waals surface area contributed by atoms with E-state index in [0.29, 0.717) is 24.4 Å². The lowest BCUT2D eigenvalue weighted by Gasteiger charge is -2.39. The highest BCUT2D eigenvalue weighted by Crippen LogP contribution is 2.57. The third-order valence-electron chi connectivity index (χ3n) is 6.28. The minimum Gasteiger partial charge on any atom is -0.465 e. The number of fused-ring (bicyclic) bond motifs is 2. The van der Waals surface area contributed by atoms with E-state index in [1.807, 2.05) is 0 Å². The molecule has 21 heavy (non-hydrogen) atoms. The summed E-state index contributed by atoms with van der Waals surface area (Å²) in [5.74, 6) is 2.36. The molecule has 3 rings (SSSR count). The van der Waals surface area contributed by atoms with E-state index in [2.05, 4.69) is 13.8 Å². The average Bonchev–Trinajstić information content (AvgIpc) is 2.98. The van der Waals surface area contributed by atoms with Crippen LogP contribution in [0.5, 0.6) is 0 Å². The van der Waals surface area contributed by atoms with Gasteiger partial charge in [0, 0.05) is 12.8 Å². The van der Waals surface area contributed by atoms with Crippen molar-refractivity contribution in [1.29, 1.82) is 0 Å². The molecular weight excluding hydrogens is 268 g/mol. The van der Waals surface area contributed by atoms with Gasteiger partial charge in [0.05, 0.1) is 12.5 Å². The van der Waals surface area contributed by atoms with Crippen molar-refractivity contribution in [3.63, 3.8) is 0 Å². The summed E-state index contributed by atoms with van der Waals surface area (Å²) in [4.78, 5) is 23.7. The topological polar surface area (TPSA) is 52.6 Å². The van der Waals surface area contributed by atoms with E-state index in [1.165, 1.54) is 13.3 Å². The minimum atomic E-state index is -0.278. The van der Waals surface area contributed by atoms with E-state index in [0.717, 1.165) is 31.1 Å². The second-order valence-electron chi connectivity index (χ2n) is 7.27. The Morgan fingerprint density at radius 1 is 1.29 bits per heavy atom. The molecule has 2 bridgehead atoms. The first-order chi connectivity index (χ1) is 9.99. The van der Waals surface area contributed by atoms with Crippen LogP contribution in [0.3, 0.4) is 0 Å². The Morgan fingerprint density at radius 3 is 2.62 bits per heavy atom. The zero-order chi connectivity index (χ0) is 15.1. The molecule has 4 heteroatoms. The molecule has 0 N–H and O–H groups in total. The summed E-state index contributed by atoms with van der Waals surface area (Å²) in [6.07, 6.45) is 3.71. The lowest BCUT2D eigenvalue weighted by molar-refractivity contribution is -0.171. The van der Waals surface area contributed by atoms with Crippen molar-refractivity contribution in [2.45, 2.75) is 52.6 Å². The maximum atomic E-state index is 12.1. The van der Waals surface area contributed by atoms with E-state index in [-0.39, 0.29) is 24.0 Å². The summed E-state index contributed by atoms with van der Waals surface area (Å²) in [6.45, 7) is 6.60. The van der Waals surface area contributed by atoms with Crippen molar-refractivity contribution in [1.82, 2.24) is 0 Å². The summed E-state index contributed by atoms with van der Waals surface area (Å²) in [7, 11) is 0. The Balaban J connectivity index is 1.80. The predicted octanol–water partition coefficient (Wildman–Crippen LogP) is 2.80. The third kappa shape index (κ3) is 2.58. The van der Waals surface area contributed by atoms with Gasteiger partial charge in [-0.15, -0.1) is 0 Å². The highest BCUT2D eigenvalue weighted by molar-refractivity contribution is 5.75. The summed E-state index contributed by atoms with van der Waals surface area (Å²) in [6, 6.07) is 0. The second kappa shape index (κ2) is 5.62. The number of hydrogen-bond acceptors (Lipinski definition) is 4. The van der Waals surface area contributed by atoms with Crippen LogP contribution in [0.4, 0.5) is 0 Å². The first kappa shape index (κ1) is 14.9. The van der Waals surface area contributed by atoms with Crippen LogP contribution in [-0.2, 0) is 19.1 Å². The maximum absolute atomic E-state index is 12.1. The number of rotatable bonds is 3. The first-order valence-electron chi connectivity index (χ1n) is 8.33. The van der Waals surface area contributed by atoms with E-state index in [1.54, 1.807) is 0 Å². The van der Waals surface area contributed by atoms with Gasteiger partial charge in [-0.1, -0.05) is 13.8 Å². The largest absolute Gasteiger partial charge is 0.465 e. The van der Waals surface area contributed by atoms with Crippen molar-refractivity contribution in [3.8, 4) is 0 Å². The van der Waals surface area contributed by atoms with E-state index in [9.17, 15) is 9.59 Å². The Hall–Kier alpha value is -1.06. The summed E-state index contributed by atoms with van der Waals surface area (Å²) < 4.78 is 10.9. The van der Waals surface area contributed by atoms with E-state index in [4.69, 9.17) is 9.47 Å². The fraction of sp³-hybridized carbons (Fsp3) is 0.882. The average molecular weight is 294 g/mol. The molecule has 0 radical (unpaired) electrons. The normalized spacial score (nSPS) is 43.5. The van der Waals surface area contributed by atoms with Crippen molar-refractivity contribution >= 4 is 11.9 Å². The van der Waals surface area contributed by atoms with Gasteiger partial charge < -0.3 is 9.47 Å². The zero-order valence-corrected chi connectivity index (χ0v) is 13.2. The van der Waals surface area contributed by atoms with Crippen LogP contribution >= 0.6 is 0 Å². The molecule has 1 aliphatic heterocycles. The van der Waals surface area contributed by atoms with Crippen LogP contribution in [0.25, 0.3) is 0 Å². The molecule has 2 aliphatic carbocycles. The highest BCUT2D eigenvalue weighted by atomic mass is 16.6. The minimum absolute atomic E-state index is 0.170. The molecule has 0 spiro atoms. The number of carbonyl (C=O) groups is 2. The molecule has 0 aromatic heterocycles. The fourth-order valence-corrected chi connectivity index (χ4v) is 5.03. The van der Waals surface area contributed by atoms with E-state index >= 15 is 0 Å². The van der Waals surface area contributed by atoms with Crippen LogP contribution in [-0.4, -0.2) is 24.6 Å². The quantitative estimate of drug-likeness (QED) is 0.751. The molecule has 2 saturated carbocycles. The molecule has 118 valence electrons. The molecular formula is C17H26O4. The SMILES string of the molecule is CC(=O)OC(C1CCCOC1=O)C1CC2CC1C(C)C2C. The van der Waals surface area contributed by atoms with Crippen LogP contribution in [0, 0.1) is 35.5 Å². The van der Waals surface area contributed by atoms with Crippen LogP contribution < -0.4 is 0 Å². The van der Waals surface area contributed by atoms with E-state index < -0.39 is 0 Å².